The van der Waals surface area contributed by atoms with Gasteiger partial charge in [0, 0.05) is 37.5 Å². The van der Waals surface area contributed by atoms with Crippen molar-refractivity contribution in [2.45, 2.75) is 46.2 Å². The lowest BCUT2D eigenvalue weighted by Crippen LogP contribution is -2.37. The van der Waals surface area contributed by atoms with Gasteiger partial charge in [0.2, 0.25) is 5.91 Å². The van der Waals surface area contributed by atoms with Gasteiger partial charge in [-0.2, -0.15) is 5.10 Å². The molecular formula is C25H29N5O2S. The fraction of sp³-hybridized carbons (Fsp3) is 0.400. The zero-order valence-corrected chi connectivity index (χ0v) is 20.0. The lowest BCUT2D eigenvalue weighted by molar-refractivity contribution is -0.121. The second-order valence-electron chi connectivity index (χ2n) is 8.70. The van der Waals surface area contributed by atoms with E-state index >= 15 is 0 Å². The van der Waals surface area contributed by atoms with E-state index in [0.29, 0.717) is 18.5 Å². The number of hydrogen-bond donors (Lipinski definition) is 1. The minimum absolute atomic E-state index is 0.0583. The summed E-state index contributed by atoms with van der Waals surface area (Å²) in [6.07, 6.45) is 2.64. The Balaban J connectivity index is 1.20. The maximum Gasteiger partial charge on any atom is 0.291 e. The highest BCUT2D eigenvalue weighted by Gasteiger charge is 2.17. The first-order valence-electron chi connectivity index (χ1n) is 11.6. The van der Waals surface area contributed by atoms with Crippen molar-refractivity contribution in [3.8, 4) is 0 Å². The van der Waals surface area contributed by atoms with Crippen molar-refractivity contribution >= 4 is 33.0 Å². The molecule has 3 aromatic heterocycles. The van der Waals surface area contributed by atoms with Gasteiger partial charge in [0.05, 0.1) is 10.2 Å². The summed E-state index contributed by atoms with van der Waals surface area (Å²) in [5.74, 6) is 0.611. The van der Waals surface area contributed by atoms with Crippen LogP contribution >= 0.6 is 11.3 Å². The zero-order chi connectivity index (χ0) is 22.9. The Morgan fingerprint density at radius 3 is 2.82 bits per heavy atom. The lowest BCUT2D eigenvalue weighted by atomic mass is 10.00. The summed E-state index contributed by atoms with van der Waals surface area (Å²) in [7, 11) is 0. The Morgan fingerprint density at radius 1 is 1.18 bits per heavy atom. The third-order valence-electron chi connectivity index (χ3n) is 6.35. The smallest absolute Gasteiger partial charge is 0.291 e. The van der Waals surface area contributed by atoms with E-state index in [1.807, 2.05) is 17.4 Å². The number of carbonyl (C=O) groups is 1. The van der Waals surface area contributed by atoms with E-state index in [2.05, 4.69) is 52.6 Å². The third kappa shape index (κ3) is 4.32. The summed E-state index contributed by atoms with van der Waals surface area (Å²) in [5.41, 5.74) is 4.23. The SMILES string of the molecule is CCc1nn(CC(=O)NCCCN2CCc3ccccc3C2)c(=O)c2cc3sc(C)cc3n12. The maximum absolute atomic E-state index is 13.0. The van der Waals surface area contributed by atoms with Crippen LogP contribution in [0.4, 0.5) is 0 Å². The molecule has 1 amide bonds. The number of rotatable bonds is 7. The highest BCUT2D eigenvalue weighted by Crippen LogP contribution is 2.28. The number of carbonyl (C=O) groups excluding carboxylic acids is 1. The molecule has 5 rings (SSSR count). The third-order valence-corrected chi connectivity index (χ3v) is 7.34. The molecule has 4 heterocycles. The maximum atomic E-state index is 13.0. The fourth-order valence-electron chi connectivity index (χ4n) is 4.72. The molecule has 0 bridgehead atoms. The molecule has 0 unspecified atom stereocenters. The standard InChI is InChI=1S/C25H29N5O2S/c1-3-23-27-29(25(32)21-14-22-20(30(21)23)13-17(2)33-22)16-24(31)26-10-6-11-28-12-9-18-7-4-5-8-19(18)15-28/h4-5,7-8,13-14H,3,6,9-12,15-16H2,1-2H3,(H,26,31). The van der Waals surface area contributed by atoms with Crippen molar-refractivity contribution in [1.82, 2.24) is 24.4 Å². The average molecular weight is 464 g/mol. The van der Waals surface area contributed by atoms with Gasteiger partial charge in [-0.25, -0.2) is 4.68 Å². The van der Waals surface area contributed by atoms with Crippen LogP contribution in [0, 0.1) is 6.92 Å². The number of amides is 1. The van der Waals surface area contributed by atoms with Crippen molar-refractivity contribution in [3.05, 3.63) is 68.6 Å². The Kier molecular flexibility index (Phi) is 6.03. The predicted molar refractivity (Wildman–Crippen MR) is 132 cm³/mol. The predicted octanol–water partition coefficient (Wildman–Crippen LogP) is 3.15. The van der Waals surface area contributed by atoms with Gasteiger partial charge in [-0.1, -0.05) is 31.2 Å². The Labute approximate surface area is 196 Å². The van der Waals surface area contributed by atoms with Crippen molar-refractivity contribution in [2.75, 3.05) is 19.6 Å². The first-order valence-corrected chi connectivity index (χ1v) is 12.4. The largest absolute Gasteiger partial charge is 0.354 e. The first kappa shape index (κ1) is 21.9. The van der Waals surface area contributed by atoms with E-state index in [1.54, 1.807) is 11.3 Å². The average Bonchev–Trinajstić information content (AvgIpc) is 3.35. The Morgan fingerprint density at radius 2 is 2.00 bits per heavy atom. The summed E-state index contributed by atoms with van der Waals surface area (Å²) in [5, 5.41) is 7.48. The van der Waals surface area contributed by atoms with E-state index in [0.717, 1.165) is 48.5 Å². The second-order valence-corrected chi connectivity index (χ2v) is 9.99. The van der Waals surface area contributed by atoms with Crippen LogP contribution in [0.15, 0.2) is 41.2 Å². The molecule has 1 aliphatic heterocycles. The van der Waals surface area contributed by atoms with Gasteiger partial charge in [-0.05, 0) is 43.0 Å². The molecule has 1 aromatic carbocycles. The monoisotopic (exact) mass is 463 g/mol. The minimum Gasteiger partial charge on any atom is -0.354 e. The number of nitrogens with zero attached hydrogens (tertiary/aromatic N) is 4. The van der Waals surface area contributed by atoms with Gasteiger partial charge < -0.3 is 5.32 Å². The Hall–Kier alpha value is -2.97. The second kappa shape index (κ2) is 9.11. The van der Waals surface area contributed by atoms with Crippen molar-refractivity contribution in [1.29, 1.82) is 0 Å². The summed E-state index contributed by atoms with van der Waals surface area (Å²) in [6.45, 7) is 7.58. The molecule has 0 saturated heterocycles. The van der Waals surface area contributed by atoms with E-state index < -0.39 is 0 Å². The van der Waals surface area contributed by atoms with Crippen LogP contribution in [-0.2, 0) is 30.7 Å². The van der Waals surface area contributed by atoms with Crippen LogP contribution in [-0.4, -0.2) is 44.6 Å². The van der Waals surface area contributed by atoms with Crippen LogP contribution in [0.5, 0.6) is 0 Å². The van der Waals surface area contributed by atoms with Crippen molar-refractivity contribution < 1.29 is 4.79 Å². The van der Waals surface area contributed by atoms with E-state index in [4.69, 9.17) is 0 Å². The molecule has 33 heavy (non-hydrogen) atoms. The van der Waals surface area contributed by atoms with E-state index in [1.165, 1.54) is 20.7 Å². The van der Waals surface area contributed by atoms with Gasteiger partial charge in [0.25, 0.3) is 5.56 Å². The lowest BCUT2D eigenvalue weighted by Gasteiger charge is -2.28. The molecule has 0 radical (unpaired) electrons. The molecule has 0 atom stereocenters. The summed E-state index contributed by atoms with van der Waals surface area (Å²) >= 11 is 1.67. The number of hydrogen-bond acceptors (Lipinski definition) is 5. The highest BCUT2D eigenvalue weighted by molar-refractivity contribution is 7.19. The quantitative estimate of drug-likeness (QED) is 0.428. The van der Waals surface area contributed by atoms with E-state index in [-0.39, 0.29) is 18.0 Å². The van der Waals surface area contributed by atoms with Crippen molar-refractivity contribution in [3.63, 3.8) is 0 Å². The van der Waals surface area contributed by atoms with Gasteiger partial charge in [0.15, 0.2) is 0 Å². The number of fused-ring (bicyclic) bond motifs is 4. The molecule has 7 nitrogen and oxygen atoms in total. The summed E-state index contributed by atoms with van der Waals surface area (Å²) in [4.78, 5) is 29.2. The number of nitrogens with one attached hydrogen (secondary N) is 1. The molecule has 0 spiro atoms. The van der Waals surface area contributed by atoms with Crippen LogP contribution < -0.4 is 10.9 Å². The number of aryl methyl sites for hydroxylation is 2. The van der Waals surface area contributed by atoms with Crippen molar-refractivity contribution in [2.24, 2.45) is 0 Å². The van der Waals surface area contributed by atoms with Crippen LogP contribution in [0.2, 0.25) is 0 Å². The van der Waals surface area contributed by atoms with Crippen LogP contribution in [0.1, 0.15) is 35.2 Å². The number of aromatic nitrogens is 3. The molecule has 172 valence electrons. The zero-order valence-electron chi connectivity index (χ0n) is 19.1. The normalized spacial score (nSPS) is 14.1. The number of thiophene rings is 1. The minimum atomic E-state index is -0.226. The summed E-state index contributed by atoms with van der Waals surface area (Å²) in [6, 6.07) is 12.6. The molecule has 1 N–H and O–H groups in total. The molecular weight excluding hydrogens is 434 g/mol. The molecule has 8 heteroatoms. The summed E-state index contributed by atoms with van der Waals surface area (Å²) < 4.78 is 4.32. The van der Waals surface area contributed by atoms with E-state index in [9.17, 15) is 9.59 Å². The molecule has 0 saturated carbocycles. The van der Waals surface area contributed by atoms with Gasteiger partial charge in [-0.15, -0.1) is 11.3 Å². The first-order chi connectivity index (χ1) is 16.0. The topological polar surface area (TPSA) is 71.6 Å². The molecule has 1 aliphatic rings. The highest BCUT2D eigenvalue weighted by atomic mass is 32.1. The fourth-order valence-corrected chi connectivity index (χ4v) is 5.66. The van der Waals surface area contributed by atoms with Crippen LogP contribution in [0.25, 0.3) is 15.7 Å². The Bertz CT molecular complexity index is 1380. The van der Waals surface area contributed by atoms with Gasteiger partial charge in [0.1, 0.15) is 17.9 Å². The number of benzene rings is 1. The molecule has 0 fully saturated rings. The van der Waals surface area contributed by atoms with Gasteiger partial charge in [-0.3, -0.25) is 18.9 Å². The van der Waals surface area contributed by atoms with Crippen LogP contribution in [0.3, 0.4) is 0 Å². The molecule has 4 aromatic rings. The van der Waals surface area contributed by atoms with Gasteiger partial charge >= 0.3 is 0 Å². The molecule has 0 aliphatic carbocycles.